The Kier molecular flexibility index (Phi) is 3.03. The lowest BCUT2D eigenvalue weighted by molar-refractivity contribution is -0.131. The van der Waals surface area contributed by atoms with Gasteiger partial charge in [-0.05, 0) is 17.7 Å². The van der Waals surface area contributed by atoms with Gasteiger partial charge in [0.15, 0.2) is 0 Å². The molecule has 0 spiro atoms. The van der Waals surface area contributed by atoms with Gasteiger partial charge in [0.1, 0.15) is 5.82 Å². The van der Waals surface area contributed by atoms with Crippen LogP contribution in [0.3, 0.4) is 0 Å². The van der Waals surface area contributed by atoms with Gasteiger partial charge < -0.3 is 4.90 Å². The van der Waals surface area contributed by atoms with Gasteiger partial charge in [-0.15, -0.1) is 0 Å². The standard InChI is InChI=1S/C14H14FN3O/c15-12-3-1-10(2-4-12)7-14(19)18-6-5-13-11(9-18)8-16-17-13/h1-4,8H,5-7,9H2,(H,16,17). The average Bonchev–Trinajstić information content (AvgIpc) is 2.88. The van der Waals surface area contributed by atoms with Crippen molar-refractivity contribution in [1.82, 2.24) is 15.1 Å². The summed E-state index contributed by atoms with van der Waals surface area (Å²) in [6.07, 6.45) is 2.89. The van der Waals surface area contributed by atoms with Crippen molar-refractivity contribution in [3.8, 4) is 0 Å². The molecule has 1 amide bonds. The number of benzene rings is 1. The molecule has 5 heteroatoms. The number of nitrogens with one attached hydrogen (secondary N) is 1. The van der Waals surface area contributed by atoms with Crippen LogP contribution in [0.2, 0.25) is 0 Å². The maximum Gasteiger partial charge on any atom is 0.227 e. The van der Waals surface area contributed by atoms with Gasteiger partial charge in [-0.25, -0.2) is 4.39 Å². The van der Waals surface area contributed by atoms with E-state index in [-0.39, 0.29) is 11.7 Å². The highest BCUT2D eigenvalue weighted by Crippen LogP contribution is 2.17. The molecular formula is C14H14FN3O. The molecule has 0 unspecified atom stereocenters. The smallest absolute Gasteiger partial charge is 0.227 e. The number of nitrogens with zero attached hydrogens (tertiary/aromatic N) is 2. The molecule has 0 aliphatic carbocycles. The Balaban J connectivity index is 1.67. The average molecular weight is 259 g/mol. The SMILES string of the molecule is O=C(Cc1ccc(F)cc1)N1CCc2[nH]ncc2C1. The first-order chi connectivity index (χ1) is 9.22. The van der Waals surface area contributed by atoms with Crippen molar-refractivity contribution in [3.63, 3.8) is 0 Å². The molecule has 1 aromatic carbocycles. The first-order valence-electron chi connectivity index (χ1n) is 6.26. The summed E-state index contributed by atoms with van der Waals surface area (Å²) in [6, 6.07) is 6.07. The van der Waals surface area contributed by atoms with E-state index in [2.05, 4.69) is 10.2 Å². The van der Waals surface area contributed by atoms with Crippen LogP contribution in [-0.2, 0) is 24.2 Å². The number of halogens is 1. The fourth-order valence-corrected chi connectivity index (χ4v) is 2.32. The van der Waals surface area contributed by atoms with Crippen LogP contribution in [0.4, 0.5) is 4.39 Å². The Morgan fingerprint density at radius 2 is 2.16 bits per heavy atom. The second-order valence-electron chi connectivity index (χ2n) is 4.74. The summed E-state index contributed by atoms with van der Waals surface area (Å²) in [6.45, 7) is 1.31. The van der Waals surface area contributed by atoms with Crippen molar-refractivity contribution in [2.45, 2.75) is 19.4 Å². The Labute approximate surface area is 110 Å². The summed E-state index contributed by atoms with van der Waals surface area (Å²) in [7, 11) is 0. The van der Waals surface area contributed by atoms with Crippen LogP contribution >= 0.6 is 0 Å². The molecule has 19 heavy (non-hydrogen) atoms. The molecule has 0 saturated carbocycles. The van der Waals surface area contributed by atoms with Gasteiger partial charge in [-0.1, -0.05) is 12.1 Å². The normalized spacial score (nSPS) is 14.3. The Morgan fingerprint density at radius 3 is 2.95 bits per heavy atom. The molecule has 1 N–H and O–H groups in total. The second kappa shape index (κ2) is 4.84. The van der Waals surface area contributed by atoms with Crippen LogP contribution in [0, 0.1) is 5.82 Å². The van der Waals surface area contributed by atoms with Crippen molar-refractivity contribution in [3.05, 3.63) is 53.1 Å². The molecule has 1 aliphatic heterocycles. The number of amides is 1. The largest absolute Gasteiger partial charge is 0.338 e. The van der Waals surface area contributed by atoms with Crippen LogP contribution in [0.5, 0.6) is 0 Å². The first kappa shape index (κ1) is 11.9. The first-order valence-corrected chi connectivity index (χ1v) is 6.26. The zero-order valence-electron chi connectivity index (χ0n) is 10.4. The quantitative estimate of drug-likeness (QED) is 0.892. The van der Waals surface area contributed by atoms with Gasteiger partial charge in [-0.2, -0.15) is 5.10 Å². The molecule has 0 bridgehead atoms. The van der Waals surface area contributed by atoms with Gasteiger partial charge in [-0.3, -0.25) is 9.89 Å². The highest BCUT2D eigenvalue weighted by atomic mass is 19.1. The molecule has 0 radical (unpaired) electrons. The Morgan fingerprint density at radius 1 is 1.37 bits per heavy atom. The third-order valence-corrected chi connectivity index (χ3v) is 3.42. The summed E-state index contributed by atoms with van der Waals surface area (Å²) in [5.74, 6) is -0.212. The molecule has 0 atom stereocenters. The topological polar surface area (TPSA) is 49.0 Å². The van der Waals surface area contributed by atoms with E-state index < -0.39 is 0 Å². The van der Waals surface area contributed by atoms with E-state index in [9.17, 15) is 9.18 Å². The number of aromatic nitrogens is 2. The molecule has 0 saturated heterocycles. The number of carbonyl (C=O) groups excluding carboxylic acids is 1. The molecule has 98 valence electrons. The van der Waals surface area contributed by atoms with Crippen LogP contribution < -0.4 is 0 Å². The molecule has 1 aromatic heterocycles. The fourth-order valence-electron chi connectivity index (χ4n) is 2.32. The van der Waals surface area contributed by atoms with Crippen LogP contribution in [0.1, 0.15) is 16.8 Å². The molecule has 3 rings (SSSR count). The molecular weight excluding hydrogens is 245 g/mol. The summed E-state index contributed by atoms with van der Waals surface area (Å²) in [4.78, 5) is 14.0. The number of H-pyrrole nitrogens is 1. The van der Waals surface area contributed by atoms with Crippen molar-refractivity contribution in [2.24, 2.45) is 0 Å². The van der Waals surface area contributed by atoms with Crippen molar-refractivity contribution < 1.29 is 9.18 Å². The van der Waals surface area contributed by atoms with E-state index in [0.717, 1.165) is 23.2 Å². The van der Waals surface area contributed by atoms with Crippen molar-refractivity contribution >= 4 is 5.91 Å². The maximum absolute atomic E-state index is 12.8. The minimum Gasteiger partial charge on any atom is -0.338 e. The van der Waals surface area contributed by atoms with E-state index in [1.165, 1.54) is 12.1 Å². The van der Waals surface area contributed by atoms with E-state index >= 15 is 0 Å². The summed E-state index contributed by atoms with van der Waals surface area (Å²) in [5.41, 5.74) is 3.04. The maximum atomic E-state index is 12.8. The van der Waals surface area contributed by atoms with E-state index in [1.807, 2.05) is 4.90 Å². The van der Waals surface area contributed by atoms with E-state index in [0.29, 0.717) is 19.5 Å². The van der Waals surface area contributed by atoms with Crippen molar-refractivity contribution in [1.29, 1.82) is 0 Å². The minimum absolute atomic E-state index is 0.0680. The predicted octanol–water partition coefficient (Wildman–Crippen LogP) is 1.68. The van der Waals surface area contributed by atoms with Gasteiger partial charge in [0.25, 0.3) is 0 Å². The van der Waals surface area contributed by atoms with Crippen LogP contribution in [0.25, 0.3) is 0 Å². The Bertz CT molecular complexity index is 591. The highest BCUT2D eigenvalue weighted by molar-refractivity contribution is 5.79. The van der Waals surface area contributed by atoms with Crippen LogP contribution in [-0.4, -0.2) is 27.5 Å². The summed E-state index contributed by atoms with van der Waals surface area (Å²) < 4.78 is 12.8. The number of hydrogen-bond donors (Lipinski definition) is 1. The number of aromatic amines is 1. The lowest BCUT2D eigenvalue weighted by atomic mass is 10.1. The number of carbonyl (C=O) groups is 1. The summed E-state index contributed by atoms with van der Waals surface area (Å²) >= 11 is 0. The van der Waals surface area contributed by atoms with Gasteiger partial charge in [0, 0.05) is 30.8 Å². The molecule has 2 aromatic rings. The third-order valence-electron chi connectivity index (χ3n) is 3.42. The lowest BCUT2D eigenvalue weighted by Crippen LogP contribution is -2.36. The lowest BCUT2D eigenvalue weighted by Gasteiger charge is -2.26. The number of hydrogen-bond acceptors (Lipinski definition) is 2. The highest BCUT2D eigenvalue weighted by Gasteiger charge is 2.21. The monoisotopic (exact) mass is 259 g/mol. The van der Waals surface area contributed by atoms with Gasteiger partial charge in [0.2, 0.25) is 5.91 Å². The van der Waals surface area contributed by atoms with E-state index in [1.54, 1.807) is 18.3 Å². The zero-order chi connectivity index (χ0) is 13.2. The second-order valence-corrected chi connectivity index (χ2v) is 4.74. The minimum atomic E-state index is -0.280. The van der Waals surface area contributed by atoms with Gasteiger partial charge in [0.05, 0.1) is 12.6 Å². The molecule has 2 heterocycles. The number of fused-ring (bicyclic) bond motifs is 1. The summed E-state index contributed by atoms with van der Waals surface area (Å²) in [5, 5.41) is 6.93. The Hall–Kier alpha value is -2.17. The number of rotatable bonds is 2. The zero-order valence-corrected chi connectivity index (χ0v) is 10.4. The van der Waals surface area contributed by atoms with Gasteiger partial charge >= 0.3 is 0 Å². The van der Waals surface area contributed by atoms with E-state index in [4.69, 9.17) is 0 Å². The molecule has 1 aliphatic rings. The molecule has 4 nitrogen and oxygen atoms in total. The van der Waals surface area contributed by atoms with Crippen LogP contribution in [0.15, 0.2) is 30.5 Å². The predicted molar refractivity (Wildman–Crippen MR) is 67.8 cm³/mol. The molecule has 0 fully saturated rings. The van der Waals surface area contributed by atoms with Crippen molar-refractivity contribution in [2.75, 3.05) is 6.54 Å². The fraction of sp³-hybridized carbons (Fsp3) is 0.286. The third kappa shape index (κ3) is 2.50.